The van der Waals surface area contributed by atoms with Crippen molar-refractivity contribution in [2.24, 2.45) is 0 Å². The van der Waals surface area contributed by atoms with Crippen molar-refractivity contribution in [3.63, 3.8) is 0 Å². The highest BCUT2D eigenvalue weighted by Crippen LogP contribution is 2.28. The van der Waals surface area contributed by atoms with Crippen molar-refractivity contribution < 1.29 is 4.79 Å². The molecule has 1 atom stereocenters. The van der Waals surface area contributed by atoms with Gasteiger partial charge in [0, 0.05) is 25.6 Å². The van der Waals surface area contributed by atoms with Crippen molar-refractivity contribution in [1.29, 1.82) is 0 Å². The van der Waals surface area contributed by atoms with Gasteiger partial charge in [0.2, 0.25) is 0 Å². The highest BCUT2D eigenvalue weighted by atomic mass is 16.2. The third-order valence-electron chi connectivity index (χ3n) is 4.90. The molecule has 0 radical (unpaired) electrons. The molecule has 1 aromatic heterocycles. The van der Waals surface area contributed by atoms with Crippen molar-refractivity contribution in [3.05, 3.63) is 65.0 Å². The van der Waals surface area contributed by atoms with Crippen LogP contribution in [0.4, 0.5) is 0 Å². The molecular weight excluding hydrogens is 286 g/mol. The Balaban J connectivity index is 1.50. The minimum absolute atomic E-state index is 0.0665. The maximum Gasteiger partial charge on any atom is 0.272 e. The lowest BCUT2D eigenvalue weighted by atomic mass is 9.99. The van der Waals surface area contributed by atoms with Gasteiger partial charge in [0.15, 0.2) is 0 Å². The fourth-order valence-corrected chi connectivity index (χ4v) is 3.56. The van der Waals surface area contributed by atoms with E-state index in [0.717, 1.165) is 44.7 Å². The van der Waals surface area contributed by atoms with Crippen LogP contribution in [-0.4, -0.2) is 35.4 Å². The maximum atomic E-state index is 12.8. The van der Waals surface area contributed by atoms with Crippen LogP contribution in [0.1, 0.15) is 39.6 Å². The largest absolute Gasteiger partial charge is 0.337 e. The molecule has 23 heavy (non-hydrogen) atoms. The number of aromatic nitrogens is 1. The zero-order chi connectivity index (χ0) is 15.6. The molecule has 4 rings (SSSR count). The van der Waals surface area contributed by atoms with Gasteiger partial charge in [0.25, 0.3) is 5.91 Å². The van der Waals surface area contributed by atoms with Gasteiger partial charge in [0.05, 0.1) is 5.69 Å². The average molecular weight is 307 g/mol. The van der Waals surface area contributed by atoms with E-state index in [4.69, 9.17) is 0 Å². The first-order valence-electron chi connectivity index (χ1n) is 8.35. The van der Waals surface area contributed by atoms with Crippen LogP contribution in [0.5, 0.6) is 0 Å². The van der Waals surface area contributed by atoms with Crippen molar-refractivity contribution in [2.75, 3.05) is 19.6 Å². The first-order valence-corrected chi connectivity index (χ1v) is 8.35. The van der Waals surface area contributed by atoms with Gasteiger partial charge in [-0.25, -0.2) is 4.98 Å². The highest BCUT2D eigenvalue weighted by molar-refractivity contribution is 5.92. The summed E-state index contributed by atoms with van der Waals surface area (Å²) in [5.41, 5.74) is 4.20. The Morgan fingerprint density at radius 1 is 1.17 bits per heavy atom. The number of hydrogen-bond acceptors (Lipinski definition) is 3. The topological polar surface area (TPSA) is 45.2 Å². The van der Waals surface area contributed by atoms with Gasteiger partial charge in [-0.05, 0) is 36.6 Å². The molecule has 3 heterocycles. The van der Waals surface area contributed by atoms with Crippen LogP contribution < -0.4 is 5.32 Å². The van der Waals surface area contributed by atoms with Gasteiger partial charge >= 0.3 is 0 Å². The van der Waals surface area contributed by atoms with E-state index in [1.54, 1.807) is 0 Å². The summed E-state index contributed by atoms with van der Waals surface area (Å²) in [6.45, 7) is 3.37. The van der Waals surface area contributed by atoms with E-state index >= 15 is 0 Å². The zero-order valence-corrected chi connectivity index (χ0v) is 13.2. The van der Waals surface area contributed by atoms with Gasteiger partial charge < -0.3 is 10.2 Å². The average Bonchev–Trinajstić information content (AvgIpc) is 3.11. The molecule has 1 N–H and O–H groups in total. The van der Waals surface area contributed by atoms with E-state index in [1.165, 1.54) is 11.1 Å². The minimum atomic E-state index is 0.0665. The molecule has 1 unspecified atom stereocenters. The van der Waals surface area contributed by atoms with Crippen LogP contribution in [0, 0.1) is 0 Å². The minimum Gasteiger partial charge on any atom is -0.337 e. The molecule has 0 aliphatic carbocycles. The molecule has 0 bridgehead atoms. The number of amides is 1. The van der Waals surface area contributed by atoms with Crippen LogP contribution in [-0.2, 0) is 13.0 Å². The Labute approximate surface area is 136 Å². The Morgan fingerprint density at radius 3 is 2.91 bits per heavy atom. The van der Waals surface area contributed by atoms with Gasteiger partial charge in [-0.2, -0.15) is 0 Å². The number of benzene rings is 1. The number of carbonyl (C=O) groups is 1. The molecule has 4 heteroatoms. The van der Waals surface area contributed by atoms with Crippen molar-refractivity contribution in [3.8, 4) is 0 Å². The summed E-state index contributed by atoms with van der Waals surface area (Å²) in [5, 5.41) is 3.32. The number of likely N-dealkylation sites (tertiary alicyclic amines) is 1. The van der Waals surface area contributed by atoms with Crippen molar-refractivity contribution >= 4 is 5.91 Å². The van der Waals surface area contributed by atoms with Crippen LogP contribution in [0.2, 0.25) is 0 Å². The number of fused-ring (bicyclic) bond motifs is 1. The van der Waals surface area contributed by atoms with Gasteiger partial charge in [-0.15, -0.1) is 0 Å². The molecule has 2 aromatic rings. The summed E-state index contributed by atoms with van der Waals surface area (Å²) < 4.78 is 0. The second-order valence-corrected chi connectivity index (χ2v) is 6.38. The molecule has 2 aliphatic heterocycles. The summed E-state index contributed by atoms with van der Waals surface area (Å²) in [6, 6.07) is 14.4. The lowest BCUT2D eigenvalue weighted by Crippen LogP contribution is -2.31. The molecular formula is C19H21N3O. The summed E-state index contributed by atoms with van der Waals surface area (Å²) in [7, 11) is 0. The number of nitrogens with one attached hydrogen (secondary N) is 1. The summed E-state index contributed by atoms with van der Waals surface area (Å²) >= 11 is 0. The van der Waals surface area contributed by atoms with Crippen LogP contribution in [0.15, 0.2) is 42.5 Å². The number of carbonyl (C=O) groups excluding carboxylic acids is 1. The van der Waals surface area contributed by atoms with Gasteiger partial charge in [0.1, 0.15) is 5.69 Å². The molecule has 0 spiro atoms. The second kappa shape index (κ2) is 6.13. The lowest BCUT2D eigenvalue weighted by Gasteiger charge is -2.19. The highest BCUT2D eigenvalue weighted by Gasteiger charge is 2.28. The molecule has 2 aliphatic rings. The van der Waals surface area contributed by atoms with E-state index in [9.17, 15) is 4.79 Å². The normalized spacial score (nSPS) is 20.3. The number of nitrogens with zero attached hydrogens (tertiary/aromatic N) is 2. The second-order valence-electron chi connectivity index (χ2n) is 6.38. The lowest BCUT2D eigenvalue weighted by molar-refractivity contribution is 0.0784. The third-order valence-corrected chi connectivity index (χ3v) is 4.90. The Hall–Kier alpha value is -2.20. The molecule has 118 valence electrons. The predicted octanol–water partition coefficient (Wildman–Crippen LogP) is 2.36. The molecule has 1 amide bonds. The molecule has 4 nitrogen and oxygen atoms in total. The van der Waals surface area contributed by atoms with Crippen LogP contribution >= 0.6 is 0 Å². The van der Waals surface area contributed by atoms with Crippen molar-refractivity contribution in [1.82, 2.24) is 15.2 Å². The van der Waals surface area contributed by atoms with Crippen molar-refractivity contribution in [2.45, 2.75) is 25.3 Å². The molecule has 1 aromatic carbocycles. The molecule has 0 saturated carbocycles. The summed E-state index contributed by atoms with van der Waals surface area (Å²) in [5.74, 6) is 0.510. The van der Waals surface area contributed by atoms with E-state index in [-0.39, 0.29) is 5.91 Å². The quantitative estimate of drug-likeness (QED) is 0.926. The van der Waals surface area contributed by atoms with Gasteiger partial charge in [-0.3, -0.25) is 4.79 Å². The van der Waals surface area contributed by atoms with Gasteiger partial charge in [-0.1, -0.05) is 36.4 Å². The molecule has 1 saturated heterocycles. The Morgan fingerprint density at radius 2 is 2.04 bits per heavy atom. The predicted molar refractivity (Wildman–Crippen MR) is 89.4 cm³/mol. The summed E-state index contributed by atoms with van der Waals surface area (Å²) in [6.07, 6.45) is 2.03. The zero-order valence-electron chi connectivity index (χ0n) is 13.2. The fourth-order valence-electron chi connectivity index (χ4n) is 3.56. The fraction of sp³-hybridized carbons (Fsp3) is 0.368. The smallest absolute Gasteiger partial charge is 0.272 e. The van der Waals surface area contributed by atoms with E-state index < -0.39 is 0 Å². The van der Waals surface area contributed by atoms with Crippen LogP contribution in [0.25, 0.3) is 0 Å². The number of pyridine rings is 1. The number of hydrogen-bond donors (Lipinski definition) is 1. The standard InChI is InChI=1S/C19H21N3O/c23-19(17-7-6-15-8-10-20-12-18(15)21-17)22-11-9-16(13-22)14-4-2-1-3-5-14/h1-7,16,20H,8-13H2. The first-order chi connectivity index (χ1) is 11.3. The Bertz CT molecular complexity index is 714. The third kappa shape index (κ3) is 2.86. The molecule has 1 fully saturated rings. The van der Waals surface area contributed by atoms with E-state index in [1.807, 2.05) is 17.0 Å². The SMILES string of the molecule is O=C(c1ccc2c(n1)CNCC2)N1CCC(c2ccccc2)C1. The number of rotatable bonds is 2. The first kappa shape index (κ1) is 14.4. The monoisotopic (exact) mass is 307 g/mol. The Kier molecular flexibility index (Phi) is 3.83. The maximum absolute atomic E-state index is 12.8. The van der Waals surface area contributed by atoms with Crippen LogP contribution in [0.3, 0.4) is 0 Å². The van der Waals surface area contributed by atoms with E-state index in [0.29, 0.717) is 11.6 Å². The summed E-state index contributed by atoms with van der Waals surface area (Å²) in [4.78, 5) is 19.3. The van der Waals surface area contributed by atoms with E-state index in [2.05, 4.69) is 40.6 Å².